The van der Waals surface area contributed by atoms with Gasteiger partial charge in [-0.25, -0.2) is 0 Å². The van der Waals surface area contributed by atoms with E-state index in [-0.39, 0.29) is 5.54 Å². The summed E-state index contributed by atoms with van der Waals surface area (Å²) in [5.41, 5.74) is 2.84. The van der Waals surface area contributed by atoms with Gasteiger partial charge in [-0.1, -0.05) is 60.7 Å². The second-order valence-electron chi connectivity index (χ2n) is 6.75. The predicted molar refractivity (Wildman–Crippen MR) is 91.3 cm³/mol. The summed E-state index contributed by atoms with van der Waals surface area (Å²) >= 11 is 0. The smallest absolute Gasteiger partial charge is 0.0331 e. The molecule has 0 radical (unpaired) electrons. The number of hydrogen-bond donors (Lipinski definition) is 0. The minimum Gasteiger partial charge on any atom is -0.285 e. The van der Waals surface area contributed by atoms with Crippen molar-refractivity contribution in [3.05, 3.63) is 71.8 Å². The first kappa shape index (κ1) is 15.8. The van der Waals surface area contributed by atoms with Crippen LogP contribution in [0.3, 0.4) is 0 Å². The van der Waals surface area contributed by atoms with E-state index in [0.29, 0.717) is 12.1 Å². The first-order valence-corrected chi connectivity index (χ1v) is 7.79. The molecule has 21 heavy (non-hydrogen) atoms. The van der Waals surface area contributed by atoms with Crippen molar-refractivity contribution in [2.75, 3.05) is 0 Å². The Morgan fingerprint density at radius 3 is 1.29 bits per heavy atom. The van der Waals surface area contributed by atoms with E-state index in [1.165, 1.54) is 11.1 Å². The molecule has 2 atom stereocenters. The third kappa shape index (κ3) is 3.74. The lowest BCUT2D eigenvalue weighted by Crippen LogP contribution is -2.44. The molecule has 1 nitrogen and oxygen atoms in total. The van der Waals surface area contributed by atoms with E-state index >= 15 is 0 Å². The molecule has 2 rings (SSSR count). The summed E-state index contributed by atoms with van der Waals surface area (Å²) in [4.78, 5) is 2.59. The molecule has 0 bridgehead atoms. The van der Waals surface area contributed by atoms with Crippen LogP contribution >= 0.6 is 0 Å². The van der Waals surface area contributed by atoms with E-state index in [0.717, 1.165) is 0 Å². The first-order chi connectivity index (χ1) is 9.91. The van der Waals surface area contributed by atoms with Crippen LogP contribution in [-0.2, 0) is 0 Å². The Morgan fingerprint density at radius 1 is 0.667 bits per heavy atom. The zero-order valence-electron chi connectivity index (χ0n) is 13.9. The van der Waals surface area contributed by atoms with E-state index in [1.807, 2.05) is 0 Å². The van der Waals surface area contributed by atoms with Gasteiger partial charge in [0.25, 0.3) is 0 Å². The molecule has 0 saturated heterocycles. The highest BCUT2D eigenvalue weighted by Crippen LogP contribution is 2.36. The van der Waals surface area contributed by atoms with Crippen molar-refractivity contribution in [2.45, 2.75) is 52.2 Å². The van der Waals surface area contributed by atoms with Gasteiger partial charge >= 0.3 is 0 Å². The molecule has 0 aromatic heterocycles. The van der Waals surface area contributed by atoms with Gasteiger partial charge in [0.1, 0.15) is 0 Å². The van der Waals surface area contributed by atoms with Crippen LogP contribution in [0, 0.1) is 0 Å². The van der Waals surface area contributed by atoms with Crippen LogP contribution in [0.5, 0.6) is 0 Å². The number of rotatable bonds is 4. The van der Waals surface area contributed by atoms with Gasteiger partial charge in [-0.15, -0.1) is 0 Å². The van der Waals surface area contributed by atoms with Gasteiger partial charge in [0, 0.05) is 17.6 Å². The fourth-order valence-electron chi connectivity index (χ4n) is 3.28. The second-order valence-corrected chi connectivity index (χ2v) is 6.75. The number of nitrogens with zero attached hydrogens (tertiary/aromatic N) is 1. The first-order valence-electron chi connectivity index (χ1n) is 7.79. The molecular formula is C20H27N. The van der Waals surface area contributed by atoms with Gasteiger partial charge in [0.05, 0.1) is 0 Å². The molecule has 0 saturated carbocycles. The molecule has 0 unspecified atom stereocenters. The molecule has 2 aromatic rings. The van der Waals surface area contributed by atoms with Crippen LogP contribution in [0.1, 0.15) is 57.8 Å². The normalized spacial score (nSPS) is 15.0. The largest absolute Gasteiger partial charge is 0.285 e. The molecule has 1 heteroatoms. The SMILES string of the molecule is C[C@H](c1ccccc1)N([C@H](C)c1ccccc1)C(C)(C)C. The molecule has 0 aliphatic rings. The van der Waals surface area contributed by atoms with Crippen molar-refractivity contribution in [1.29, 1.82) is 0 Å². The summed E-state index contributed by atoms with van der Waals surface area (Å²) < 4.78 is 0. The molecule has 112 valence electrons. The van der Waals surface area contributed by atoms with Crippen molar-refractivity contribution < 1.29 is 0 Å². The van der Waals surface area contributed by atoms with Crippen LogP contribution in [0.2, 0.25) is 0 Å². The van der Waals surface area contributed by atoms with Gasteiger partial charge < -0.3 is 0 Å². The molecule has 0 spiro atoms. The highest BCUT2D eigenvalue weighted by atomic mass is 15.2. The molecule has 2 aromatic carbocycles. The number of benzene rings is 2. The maximum Gasteiger partial charge on any atom is 0.0331 e. The van der Waals surface area contributed by atoms with Crippen LogP contribution in [0.4, 0.5) is 0 Å². The Morgan fingerprint density at radius 2 is 1.00 bits per heavy atom. The summed E-state index contributed by atoms with van der Waals surface area (Å²) in [5, 5.41) is 0. The Kier molecular flexibility index (Phi) is 4.84. The summed E-state index contributed by atoms with van der Waals surface area (Å²) in [5.74, 6) is 0. The van der Waals surface area contributed by atoms with Gasteiger partial charge in [0.15, 0.2) is 0 Å². The quantitative estimate of drug-likeness (QED) is 0.704. The lowest BCUT2D eigenvalue weighted by atomic mass is 9.93. The zero-order valence-corrected chi connectivity index (χ0v) is 13.9. The van der Waals surface area contributed by atoms with E-state index < -0.39 is 0 Å². The molecule has 0 heterocycles. The third-order valence-electron chi connectivity index (χ3n) is 4.17. The van der Waals surface area contributed by atoms with Gasteiger partial charge in [-0.05, 0) is 45.7 Å². The number of hydrogen-bond acceptors (Lipinski definition) is 1. The summed E-state index contributed by atoms with van der Waals surface area (Å²) in [6, 6.07) is 22.3. The maximum absolute atomic E-state index is 2.59. The molecular weight excluding hydrogens is 254 g/mol. The lowest BCUT2D eigenvalue weighted by molar-refractivity contribution is 0.0467. The maximum atomic E-state index is 2.59. The summed E-state index contributed by atoms with van der Waals surface area (Å²) in [6.07, 6.45) is 0. The Hall–Kier alpha value is -1.60. The minimum absolute atomic E-state index is 0.102. The Bertz CT molecular complexity index is 494. The molecule has 0 fully saturated rings. The van der Waals surface area contributed by atoms with Crippen molar-refractivity contribution >= 4 is 0 Å². The second kappa shape index (κ2) is 6.44. The minimum atomic E-state index is 0.102. The van der Waals surface area contributed by atoms with Gasteiger partial charge in [-0.3, -0.25) is 4.90 Å². The fourth-order valence-corrected chi connectivity index (χ4v) is 3.28. The summed E-state index contributed by atoms with van der Waals surface area (Å²) in [7, 11) is 0. The van der Waals surface area contributed by atoms with Crippen molar-refractivity contribution in [1.82, 2.24) is 4.90 Å². The van der Waals surface area contributed by atoms with Crippen molar-refractivity contribution in [3.63, 3.8) is 0 Å². The van der Waals surface area contributed by atoms with E-state index in [4.69, 9.17) is 0 Å². The Labute approximate surface area is 129 Å². The Balaban J connectivity index is 2.36. The standard InChI is InChI=1S/C20H27N/c1-16(18-12-8-6-9-13-18)21(20(3,4)5)17(2)19-14-10-7-11-15-19/h6-17H,1-5H3/t16-,17-/m1/s1. The predicted octanol–water partition coefficient (Wildman–Crippen LogP) is 5.61. The molecule has 0 aliphatic carbocycles. The van der Waals surface area contributed by atoms with Crippen molar-refractivity contribution in [2.24, 2.45) is 0 Å². The zero-order chi connectivity index (χ0) is 15.5. The van der Waals surface area contributed by atoms with Gasteiger partial charge in [0.2, 0.25) is 0 Å². The summed E-state index contributed by atoms with van der Waals surface area (Å²) in [6.45, 7) is 11.5. The van der Waals surface area contributed by atoms with E-state index in [9.17, 15) is 0 Å². The highest BCUT2D eigenvalue weighted by molar-refractivity contribution is 5.23. The highest BCUT2D eigenvalue weighted by Gasteiger charge is 2.31. The van der Waals surface area contributed by atoms with Crippen LogP contribution in [0.15, 0.2) is 60.7 Å². The van der Waals surface area contributed by atoms with E-state index in [1.54, 1.807) is 0 Å². The van der Waals surface area contributed by atoms with Crippen molar-refractivity contribution in [3.8, 4) is 0 Å². The van der Waals surface area contributed by atoms with E-state index in [2.05, 4.69) is 100 Å². The molecule has 0 aliphatic heterocycles. The average Bonchev–Trinajstić information content (AvgIpc) is 2.47. The van der Waals surface area contributed by atoms with Crippen LogP contribution < -0.4 is 0 Å². The monoisotopic (exact) mass is 281 g/mol. The topological polar surface area (TPSA) is 3.24 Å². The van der Waals surface area contributed by atoms with Gasteiger partial charge in [-0.2, -0.15) is 0 Å². The third-order valence-corrected chi connectivity index (χ3v) is 4.17. The van der Waals surface area contributed by atoms with Crippen LogP contribution in [0.25, 0.3) is 0 Å². The molecule has 0 N–H and O–H groups in total. The fraction of sp³-hybridized carbons (Fsp3) is 0.400. The lowest BCUT2D eigenvalue weighted by Gasteiger charge is -2.45. The molecule has 0 amide bonds. The van der Waals surface area contributed by atoms with Crippen LogP contribution in [-0.4, -0.2) is 10.4 Å². The average molecular weight is 281 g/mol.